The van der Waals surface area contributed by atoms with Gasteiger partial charge in [-0.15, -0.1) is 0 Å². The lowest BCUT2D eigenvalue weighted by molar-refractivity contribution is 0.395. The molecule has 0 aliphatic heterocycles. The molecular weight excluding hydrogens is 344 g/mol. The summed E-state index contributed by atoms with van der Waals surface area (Å²) < 4.78 is 11.7. The summed E-state index contributed by atoms with van der Waals surface area (Å²) in [5.41, 5.74) is 5.01. The highest BCUT2D eigenvalue weighted by molar-refractivity contribution is 9.10. The van der Waals surface area contributed by atoms with E-state index in [-0.39, 0.29) is 0 Å². The van der Waals surface area contributed by atoms with E-state index in [4.69, 9.17) is 9.47 Å². The van der Waals surface area contributed by atoms with E-state index in [2.05, 4.69) is 45.0 Å². The Kier molecular flexibility index (Phi) is 3.83. The van der Waals surface area contributed by atoms with Gasteiger partial charge >= 0.3 is 0 Å². The average molecular weight is 361 g/mol. The number of H-pyrrole nitrogens is 1. The van der Waals surface area contributed by atoms with Crippen LogP contribution in [0.5, 0.6) is 11.5 Å². The summed E-state index contributed by atoms with van der Waals surface area (Å²) in [6, 6.07) is 7.98. The molecule has 22 heavy (non-hydrogen) atoms. The number of methoxy groups -OCH3 is 2. The lowest BCUT2D eigenvalue weighted by Gasteiger charge is -2.11. The Hall–Kier alpha value is -2.01. The maximum absolute atomic E-state index is 5.52. The molecule has 114 valence electrons. The molecule has 2 aromatic heterocycles. The fraction of sp³-hybridized carbons (Fsp3) is 0.235. The number of pyridine rings is 1. The van der Waals surface area contributed by atoms with Gasteiger partial charge in [0, 0.05) is 21.6 Å². The van der Waals surface area contributed by atoms with Gasteiger partial charge in [0.25, 0.3) is 0 Å². The highest BCUT2D eigenvalue weighted by Crippen LogP contribution is 2.40. The Morgan fingerprint density at radius 3 is 2.50 bits per heavy atom. The van der Waals surface area contributed by atoms with Crippen molar-refractivity contribution in [3.8, 4) is 22.8 Å². The molecule has 0 aliphatic rings. The van der Waals surface area contributed by atoms with E-state index in [1.54, 1.807) is 14.2 Å². The Morgan fingerprint density at radius 2 is 1.82 bits per heavy atom. The van der Waals surface area contributed by atoms with E-state index >= 15 is 0 Å². The maximum atomic E-state index is 5.52. The molecule has 0 saturated carbocycles. The van der Waals surface area contributed by atoms with Crippen LogP contribution in [-0.2, 0) is 0 Å². The van der Waals surface area contributed by atoms with Crippen molar-refractivity contribution in [1.82, 2.24) is 9.97 Å². The van der Waals surface area contributed by atoms with E-state index < -0.39 is 0 Å². The van der Waals surface area contributed by atoms with E-state index in [0.717, 1.165) is 44.0 Å². The monoisotopic (exact) mass is 360 g/mol. The second-order valence-corrected chi connectivity index (χ2v) is 6.07. The minimum Gasteiger partial charge on any atom is -0.497 e. The zero-order valence-corrected chi connectivity index (χ0v) is 14.5. The standard InChI is InChI=1S/C17H17BrN2O2/c1-9-5-10(2)19-17-12(9)8-14(20-17)16-13(18)6-11(21-3)7-15(16)22-4/h5-8H,1-4H3,(H,19,20). The Balaban J connectivity index is 2.25. The highest BCUT2D eigenvalue weighted by atomic mass is 79.9. The molecule has 0 aliphatic carbocycles. The SMILES string of the molecule is COc1cc(Br)c(-c2cc3c(C)cc(C)nc3[nH]2)c(OC)c1. The quantitative estimate of drug-likeness (QED) is 0.740. The molecule has 0 amide bonds. The number of nitrogens with zero attached hydrogens (tertiary/aromatic N) is 1. The largest absolute Gasteiger partial charge is 0.497 e. The lowest BCUT2D eigenvalue weighted by atomic mass is 10.1. The Morgan fingerprint density at radius 1 is 1.05 bits per heavy atom. The third-order valence-electron chi connectivity index (χ3n) is 3.69. The minimum atomic E-state index is 0.743. The summed E-state index contributed by atoms with van der Waals surface area (Å²) in [4.78, 5) is 7.95. The Bertz CT molecular complexity index is 855. The van der Waals surface area contributed by atoms with Gasteiger partial charge in [0.15, 0.2) is 0 Å². The zero-order chi connectivity index (χ0) is 15.9. The second kappa shape index (κ2) is 5.65. The maximum Gasteiger partial charge on any atom is 0.138 e. The molecule has 0 bridgehead atoms. The number of aryl methyl sites for hydroxylation is 2. The summed E-state index contributed by atoms with van der Waals surface area (Å²) in [7, 11) is 3.29. The number of fused-ring (bicyclic) bond motifs is 1. The first-order valence-electron chi connectivity index (χ1n) is 6.92. The second-order valence-electron chi connectivity index (χ2n) is 5.21. The van der Waals surface area contributed by atoms with Crippen molar-refractivity contribution < 1.29 is 9.47 Å². The molecule has 0 radical (unpaired) electrons. The van der Waals surface area contributed by atoms with Crippen molar-refractivity contribution in [2.45, 2.75) is 13.8 Å². The third-order valence-corrected chi connectivity index (χ3v) is 4.31. The molecule has 2 heterocycles. The summed E-state index contributed by atoms with van der Waals surface area (Å²) >= 11 is 3.61. The molecule has 3 rings (SSSR count). The minimum absolute atomic E-state index is 0.743. The Labute approximate surface area is 137 Å². The van der Waals surface area contributed by atoms with E-state index in [0.29, 0.717) is 0 Å². The van der Waals surface area contributed by atoms with Crippen LogP contribution >= 0.6 is 15.9 Å². The molecular formula is C17H17BrN2O2. The molecule has 4 nitrogen and oxygen atoms in total. The molecule has 1 aromatic carbocycles. The first-order chi connectivity index (χ1) is 10.5. The van der Waals surface area contributed by atoms with Gasteiger partial charge in [-0.1, -0.05) is 0 Å². The number of hydrogen-bond donors (Lipinski definition) is 1. The number of ether oxygens (including phenoxy) is 2. The predicted molar refractivity (Wildman–Crippen MR) is 91.8 cm³/mol. The normalized spacial score (nSPS) is 11.0. The van der Waals surface area contributed by atoms with Crippen LogP contribution in [0.4, 0.5) is 0 Å². The number of nitrogens with one attached hydrogen (secondary N) is 1. The molecule has 0 fully saturated rings. The zero-order valence-electron chi connectivity index (χ0n) is 13.0. The van der Waals surface area contributed by atoms with Crippen LogP contribution < -0.4 is 9.47 Å². The number of halogens is 1. The van der Waals surface area contributed by atoms with Gasteiger partial charge in [-0.25, -0.2) is 4.98 Å². The molecule has 0 spiro atoms. The fourth-order valence-corrected chi connectivity index (χ4v) is 3.30. The number of hydrogen-bond acceptors (Lipinski definition) is 3. The molecule has 5 heteroatoms. The fourth-order valence-electron chi connectivity index (χ4n) is 2.66. The van der Waals surface area contributed by atoms with Crippen LogP contribution in [0.2, 0.25) is 0 Å². The van der Waals surface area contributed by atoms with Crippen LogP contribution in [0.3, 0.4) is 0 Å². The molecule has 0 saturated heterocycles. The van der Waals surface area contributed by atoms with E-state index in [1.807, 2.05) is 19.1 Å². The van der Waals surface area contributed by atoms with Gasteiger partial charge in [0.2, 0.25) is 0 Å². The predicted octanol–water partition coefficient (Wildman–Crippen LogP) is 4.63. The first-order valence-corrected chi connectivity index (χ1v) is 7.71. The third kappa shape index (κ3) is 2.46. The molecule has 1 N–H and O–H groups in total. The van der Waals surface area contributed by atoms with Gasteiger partial charge in [-0.05, 0) is 53.5 Å². The average Bonchev–Trinajstić information content (AvgIpc) is 2.89. The topological polar surface area (TPSA) is 47.1 Å². The molecule has 3 aromatic rings. The van der Waals surface area contributed by atoms with Gasteiger partial charge in [-0.2, -0.15) is 0 Å². The van der Waals surface area contributed by atoms with Crippen molar-refractivity contribution in [2.24, 2.45) is 0 Å². The van der Waals surface area contributed by atoms with Crippen LogP contribution in [0.25, 0.3) is 22.3 Å². The number of benzene rings is 1. The van der Waals surface area contributed by atoms with Crippen molar-refractivity contribution in [3.05, 3.63) is 40.0 Å². The van der Waals surface area contributed by atoms with Crippen molar-refractivity contribution in [3.63, 3.8) is 0 Å². The van der Waals surface area contributed by atoms with Crippen molar-refractivity contribution in [2.75, 3.05) is 14.2 Å². The van der Waals surface area contributed by atoms with Crippen LogP contribution in [0.1, 0.15) is 11.3 Å². The summed E-state index contributed by atoms with van der Waals surface area (Å²) in [6.45, 7) is 4.09. The summed E-state index contributed by atoms with van der Waals surface area (Å²) in [5.74, 6) is 1.49. The smallest absolute Gasteiger partial charge is 0.138 e. The van der Waals surface area contributed by atoms with E-state index in [9.17, 15) is 0 Å². The van der Waals surface area contributed by atoms with E-state index in [1.165, 1.54) is 5.56 Å². The summed E-state index contributed by atoms with van der Waals surface area (Å²) in [5, 5.41) is 1.12. The first kappa shape index (κ1) is 14.9. The van der Waals surface area contributed by atoms with Crippen molar-refractivity contribution in [1.29, 1.82) is 0 Å². The number of rotatable bonds is 3. The molecule has 0 atom stereocenters. The van der Waals surface area contributed by atoms with Gasteiger partial charge in [0.05, 0.1) is 25.5 Å². The van der Waals surface area contributed by atoms with Gasteiger partial charge in [-0.3, -0.25) is 0 Å². The summed E-state index contributed by atoms with van der Waals surface area (Å²) in [6.07, 6.45) is 0. The number of aromatic amines is 1. The lowest BCUT2D eigenvalue weighted by Crippen LogP contribution is -1.92. The van der Waals surface area contributed by atoms with Crippen LogP contribution in [0, 0.1) is 13.8 Å². The number of aromatic nitrogens is 2. The van der Waals surface area contributed by atoms with Crippen LogP contribution in [0.15, 0.2) is 28.7 Å². The molecule has 0 unspecified atom stereocenters. The van der Waals surface area contributed by atoms with Gasteiger partial charge in [0.1, 0.15) is 17.1 Å². The highest BCUT2D eigenvalue weighted by Gasteiger charge is 2.16. The van der Waals surface area contributed by atoms with Gasteiger partial charge < -0.3 is 14.5 Å². The van der Waals surface area contributed by atoms with Crippen molar-refractivity contribution >= 4 is 27.0 Å². The van der Waals surface area contributed by atoms with Crippen LogP contribution in [-0.4, -0.2) is 24.2 Å².